The summed E-state index contributed by atoms with van der Waals surface area (Å²) < 4.78 is 100. The molecule has 39 heavy (non-hydrogen) atoms. The van der Waals surface area contributed by atoms with Gasteiger partial charge in [-0.05, 0) is 80.1 Å². The molecule has 2 aromatic carbocycles. The SMILES string of the molecule is CCOC(=O)Cn1c2c(c3cc(F)ccc31)C[C@@H](NC(=O)CCc1cc(C(F)(F)F)ccc1C(F)(F)F)CC2. The highest BCUT2D eigenvalue weighted by Crippen LogP contribution is 2.37. The largest absolute Gasteiger partial charge is 0.465 e. The van der Waals surface area contributed by atoms with Crippen molar-refractivity contribution in [3.05, 3.63) is 70.2 Å². The summed E-state index contributed by atoms with van der Waals surface area (Å²) in [7, 11) is 0. The highest BCUT2D eigenvalue weighted by molar-refractivity contribution is 5.87. The molecule has 3 aromatic rings. The smallest absolute Gasteiger partial charge is 0.416 e. The molecule has 0 aliphatic heterocycles. The van der Waals surface area contributed by atoms with E-state index in [9.17, 15) is 40.3 Å². The van der Waals surface area contributed by atoms with E-state index >= 15 is 0 Å². The number of rotatable bonds is 7. The summed E-state index contributed by atoms with van der Waals surface area (Å²) in [4.78, 5) is 24.8. The first-order chi connectivity index (χ1) is 18.3. The second-order valence-electron chi connectivity index (χ2n) is 9.35. The predicted octanol–water partition coefficient (Wildman–Crippen LogP) is 5.99. The van der Waals surface area contributed by atoms with Crippen LogP contribution in [-0.2, 0) is 52.5 Å². The molecule has 0 bridgehead atoms. The van der Waals surface area contributed by atoms with Crippen molar-refractivity contribution in [1.29, 1.82) is 0 Å². The third-order valence-electron chi connectivity index (χ3n) is 6.75. The molecular weight excluding hydrogens is 533 g/mol. The summed E-state index contributed by atoms with van der Waals surface area (Å²) >= 11 is 0. The van der Waals surface area contributed by atoms with Gasteiger partial charge < -0.3 is 14.6 Å². The van der Waals surface area contributed by atoms with Crippen molar-refractivity contribution in [2.45, 2.75) is 64.0 Å². The van der Waals surface area contributed by atoms with Crippen molar-refractivity contribution in [2.24, 2.45) is 0 Å². The maximum absolute atomic E-state index is 14.1. The maximum Gasteiger partial charge on any atom is 0.416 e. The van der Waals surface area contributed by atoms with Gasteiger partial charge in [-0.3, -0.25) is 9.59 Å². The molecule has 1 atom stereocenters. The fourth-order valence-corrected chi connectivity index (χ4v) is 5.06. The summed E-state index contributed by atoms with van der Waals surface area (Å²) in [6, 6.07) is 4.92. The third-order valence-corrected chi connectivity index (χ3v) is 6.75. The molecule has 12 heteroatoms. The van der Waals surface area contributed by atoms with E-state index < -0.39 is 65.6 Å². The number of fused-ring (bicyclic) bond motifs is 3. The van der Waals surface area contributed by atoms with E-state index in [-0.39, 0.29) is 19.6 Å². The van der Waals surface area contributed by atoms with Gasteiger partial charge in [0.1, 0.15) is 12.4 Å². The number of nitrogens with one attached hydrogen (secondary N) is 1. The summed E-state index contributed by atoms with van der Waals surface area (Å²) in [5.74, 6) is -1.55. The molecule has 1 heterocycles. The second kappa shape index (κ2) is 10.9. The minimum Gasteiger partial charge on any atom is -0.465 e. The number of benzene rings is 2. The van der Waals surface area contributed by atoms with Crippen LogP contribution < -0.4 is 5.32 Å². The number of aryl methyl sites for hydroxylation is 1. The summed E-state index contributed by atoms with van der Waals surface area (Å²) in [5, 5.41) is 3.32. The molecule has 1 aliphatic rings. The molecule has 4 rings (SSSR count). The number of esters is 1. The van der Waals surface area contributed by atoms with Gasteiger partial charge >= 0.3 is 18.3 Å². The Bertz CT molecular complexity index is 1390. The number of alkyl halides is 6. The summed E-state index contributed by atoms with van der Waals surface area (Å²) in [6.45, 7) is 1.82. The minimum atomic E-state index is -4.87. The van der Waals surface area contributed by atoms with Gasteiger partial charge in [0, 0.05) is 29.1 Å². The van der Waals surface area contributed by atoms with Crippen LogP contribution in [0.5, 0.6) is 0 Å². The molecule has 210 valence electrons. The topological polar surface area (TPSA) is 60.3 Å². The Kier molecular flexibility index (Phi) is 7.94. The van der Waals surface area contributed by atoms with Gasteiger partial charge in [0.25, 0.3) is 0 Å². The van der Waals surface area contributed by atoms with Gasteiger partial charge in [-0.1, -0.05) is 0 Å². The molecular formula is C27H25F7N2O3. The Labute approximate surface area is 218 Å². The molecule has 0 radical (unpaired) electrons. The van der Waals surface area contributed by atoms with Crippen LogP contribution in [0.2, 0.25) is 0 Å². The lowest BCUT2D eigenvalue weighted by Gasteiger charge is -2.25. The number of hydrogen-bond donors (Lipinski definition) is 1. The van der Waals surface area contributed by atoms with Gasteiger partial charge in [0.15, 0.2) is 0 Å². The number of aromatic nitrogens is 1. The van der Waals surface area contributed by atoms with Crippen LogP contribution in [0.15, 0.2) is 36.4 Å². The maximum atomic E-state index is 14.1. The first-order valence-corrected chi connectivity index (χ1v) is 12.3. The quantitative estimate of drug-likeness (QED) is 0.287. The van der Waals surface area contributed by atoms with Crippen LogP contribution in [0.25, 0.3) is 10.9 Å². The monoisotopic (exact) mass is 558 g/mol. The number of carbonyl (C=O) groups excluding carboxylic acids is 2. The minimum absolute atomic E-state index is 0.0686. The molecule has 1 aromatic heterocycles. The Hall–Kier alpha value is -3.57. The molecule has 0 unspecified atom stereocenters. The highest BCUT2D eigenvalue weighted by atomic mass is 19.4. The number of carbonyl (C=O) groups is 2. The molecule has 0 saturated heterocycles. The molecule has 0 fully saturated rings. The lowest BCUT2D eigenvalue weighted by atomic mass is 9.91. The predicted molar refractivity (Wildman–Crippen MR) is 127 cm³/mol. The summed E-state index contributed by atoms with van der Waals surface area (Å²) in [5.41, 5.74) is -0.892. The number of nitrogens with zero attached hydrogens (tertiary/aromatic N) is 1. The second-order valence-corrected chi connectivity index (χ2v) is 9.35. The van der Waals surface area contributed by atoms with E-state index in [2.05, 4.69) is 5.32 Å². The third kappa shape index (κ3) is 6.36. The zero-order valence-corrected chi connectivity index (χ0v) is 20.8. The van der Waals surface area contributed by atoms with E-state index in [0.717, 1.165) is 11.3 Å². The van der Waals surface area contributed by atoms with Gasteiger partial charge in [-0.2, -0.15) is 26.3 Å². The zero-order chi connectivity index (χ0) is 28.5. The lowest BCUT2D eigenvalue weighted by molar-refractivity contribution is -0.143. The average molecular weight is 558 g/mol. The van der Waals surface area contributed by atoms with Gasteiger partial charge in [0.2, 0.25) is 5.91 Å². The van der Waals surface area contributed by atoms with Crippen LogP contribution >= 0.6 is 0 Å². The Morgan fingerprint density at radius 3 is 2.46 bits per heavy atom. The van der Waals surface area contributed by atoms with Crippen molar-refractivity contribution in [3.8, 4) is 0 Å². The molecule has 1 aliphatic carbocycles. The van der Waals surface area contributed by atoms with E-state index in [0.29, 0.717) is 41.9 Å². The van der Waals surface area contributed by atoms with Gasteiger partial charge in [-0.15, -0.1) is 0 Å². The molecule has 1 amide bonds. The molecule has 0 saturated carbocycles. The van der Waals surface area contributed by atoms with Crippen molar-refractivity contribution in [2.75, 3.05) is 6.61 Å². The van der Waals surface area contributed by atoms with Crippen LogP contribution in [0.4, 0.5) is 30.7 Å². The first kappa shape index (κ1) is 28.4. The van der Waals surface area contributed by atoms with E-state index in [1.807, 2.05) is 0 Å². The lowest BCUT2D eigenvalue weighted by Crippen LogP contribution is -2.39. The van der Waals surface area contributed by atoms with Crippen molar-refractivity contribution in [1.82, 2.24) is 9.88 Å². The Balaban J connectivity index is 1.50. The normalized spacial score (nSPS) is 15.7. The van der Waals surface area contributed by atoms with E-state index in [4.69, 9.17) is 4.74 Å². The molecule has 1 N–H and O–H groups in total. The average Bonchev–Trinajstić information content (AvgIpc) is 3.13. The number of ether oxygens (including phenoxy) is 1. The van der Waals surface area contributed by atoms with Crippen LogP contribution in [0, 0.1) is 5.82 Å². The van der Waals surface area contributed by atoms with Crippen molar-refractivity contribution in [3.63, 3.8) is 0 Å². The highest BCUT2D eigenvalue weighted by Gasteiger charge is 2.37. The number of hydrogen-bond acceptors (Lipinski definition) is 3. The van der Waals surface area contributed by atoms with Gasteiger partial charge in [-0.25, -0.2) is 4.39 Å². The Morgan fingerprint density at radius 1 is 1.05 bits per heavy atom. The van der Waals surface area contributed by atoms with E-state index in [1.165, 1.54) is 12.1 Å². The Morgan fingerprint density at radius 2 is 1.79 bits per heavy atom. The van der Waals surface area contributed by atoms with E-state index in [1.54, 1.807) is 17.6 Å². The fraction of sp³-hybridized carbons (Fsp3) is 0.407. The number of amides is 1. The fourth-order valence-electron chi connectivity index (χ4n) is 5.06. The standard InChI is InChI=1S/C27H25F7N2O3/c1-2-39-25(38)14-36-22-8-5-17(28)12-19(22)20-13-18(6-9-23(20)36)35-24(37)10-3-15-11-16(26(29,30)31)4-7-21(15)27(32,33)34/h4-5,7-8,11-12,18H,2-3,6,9-10,13-14H2,1H3,(H,35,37)/t18-/m0/s1. The number of halogens is 7. The first-order valence-electron chi connectivity index (χ1n) is 12.3. The summed E-state index contributed by atoms with van der Waals surface area (Å²) in [6.07, 6.45) is -9.52. The van der Waals surface area contributed by atoms with Crippen molar-refractivity contribution >= 4 is 22.8 Å². The van der Waals surface area contributed by atoms with Crippen LogP contribution in [0.3, 0.4) is 0 Å². The van der Waals surface area contributed by atoms with Crippen LogP contribution in [-0.4, -0.2) is 29.1 Å². The molecule has 0 spiro atoms. The van der Waals surface area contributed by atoms with Gasteiger partial charge in [0.05, 0.1) is 17.7 Å². The van der Waals surface area contributed by atoms with Crippen molar-refractivity contribution < 1.29 is 45.1 Å². The molecule has 5 nitrogen and oxygen atoms in total. The zero-order valence-electron chi connectivity index (χ0n) is 20.8. The van der Waals surface area contributed by atoms with Crippen LogP contribution in [0.1, 0.15) is 47.7 Å².